The monoisotopic (exact) mass is 519 g/mol. The minimum atomic E-state index is -0.398. The minimum Gasteiger partial charge on any atom is -0.456 e. The van der Waals surface area contributed by atoms with Gasteiger partial charge in [0.1, 0.15) is 28.3 Å². The van der Waals surface area contributed by atoms with Crippen molar-refractivity contribution in [1.29, 1.82) is 0 Å². The first-order valence-electron chi connectivity index (χ1n) is 12.6. The smallest absolute Gasteiger partial charge is 0.312 e. The molecule has 192 valence electrons. The molecule has 37 heavy (non-hydrogen) atoms. The molecule has 0 aliphatic heterocycles. The van der Waals surface area contributed by atoms with Gasteiger partial charge >= 0.3 is 5.69 Å². The molecule has 0 unspecified atom stereocenters. The molecule has 0 radical (unpaired) electrons. The Balaban J connectivity index is 1.33. The highest BCUT2D eigenvalue weighted by Gasteiger charge is 2.33. The zero-order valence-electron chi connectivity index (χ0n) is 21.6. The van der Waals surface area contributed by atoms with Gasteiger partial charge < -0.3 is 4.42 Å². The van der Waals surface area contributed by atoms with E-state index in [1.807, 2.05) is 12.1 Å². The van der Waals surface area contributed by atoms with Crippen molar-refractivity contribution in [2.75, 3.05) is 0 Å². The first-order chi connectivity index (χ1) is 17.7. The van der Waals surface area contributed by atoms with E-state index in [0.29, 0.717) is 40.1 Å². The van der Waals surface area contributed by atoms with Gasteiger partial charge in [0, 0.05) is 4.88 Å². The number of furan rings is 1. The molecule has 5 aromatic rings. The van der Waals surface area contributed by atoms with Crippen LogP contribution in [0.25, 0.3) is 27.4 Å². The van der Waals surface area contributed by atoms with Crippen LogP contribution in [0.4, 0.5) is 5.69 Å². The van der Waals surface area contributed by atoms with Crippen LogP contribution in [0, 0.1) is 35.3 Å². The predicted molar refractivity (Wildman–Crippen MR) is 141 cm³/mol. The number of nitrogens with zero attached hydrogens (tertiary/aromatic N) is 7. The standard InChI is InChI=1S/C26H29N7O3S/c1-6-26(4,5)16-7-9-18-20(11-16)37-25-21(18)24-28-23(30-32(24)13-27-25)19-10-8-17(36-19)12-31-15(3)22(33(34)35)14(2)29-31/h8,10,13,16H,6-7,9,11-12H2,1-5H3/t16-/m1/s1. The molecular weight excluding hydrogens is 490 g/mol. The Bertz CT molecular complexity index is 1670. The van der Waals surface area contributed by atoms with Crippen molar-refractivity contribution in [1.82, 2.24) is 29.4 Å². The zero-order valence-corrected chi connectivity index (χ0v) is 22.4. The van der Waals surface area contributed by atoms with Crippen molar-refractivity contribution in [3.05, 3.63) is 56.2 Å². The average molecular weight is 520 g/mol. The summed E-state index contributed by atoms with van der Waals surface area (Å²) in [6.45, 7) is 10.7. The molecule has 0 saturated carbocycles. The first kappa shape index (κ1) is 23.8. The Labute approximate surface area is 217 Å². The molecule has 5 aromatic heterocycles. The lowest BCUT2D eigenvalue weighted by Gasteiger charge is -2.36. The van der Waals surface area contributed by atoms with Crippen LogP contribution in [0.1, 0.15) is 61.2 Å². The number of rotatable bonds is 6. The van der Waals surface area contributed by atoms with E-state index in [9.17, 15) is 10.1 Å². The van der Waals surface area contributed by atoms with E-state index in [4.69, 9.17) is 14.4 Å². The Kier molecular flexibility index (Phi) is 5.45. The first-order valence-corrected chi connectivity index (χ1v) is 13.4. The number of fused-ring (bicyclic) bond motifs is 5. The maximum Gasteiger partial charge on any atom is 0.312 e. The van der Waals surface area contributed by atoms with Crippen molar-refractivity contribution >= 4 is 32.9 Å². The second-order valence-electron chi connectivity index (χ2n) is 10.6. The van der Waals surface area contributed by atoms with E-state index >= 15 is 0 Å². The van der Waals surface area contributed by atoms with Crippen LogP contribution in [0.15, 0.2) is 22.9 Å². The molecule has 0 fully saturated rings. The van der Waals surface area contributed by atoms with Crippen LogP contribution in [0.3, 0.4) is 0 Å². The Morgan fingerprint density at radius 3 is 2.81 bits per heavy atom. The van der Waals surface area contributed by atoms with Gasteiger partial charge in [0.15, 0.2) is 11.4 Å². The van der Waals surface area contributed by atoms with E-state index < -0.39 is 4.92 Å². The number of hydrogen-bond acceptors (Lipinski definition) is 8. The number of thiophene rings is 1. The van der Waals surface area contributed by atoms with E-state index in [0.717, 1.165) is 28.7 Å². The molecule has 10 nitrogen and oxygen atoms in total. The highest BCUT2D eigenvalue weighted by Crippen LogP contribution is 2.45. The highest BCUT2D eigenvalue weighted by molar-refractivity contribution is 7.19. The van der Waals surface area contributed by atoms with Crippen LogP contribution in [0.5, 0.6) is 0 Å². The van der Waals surface area contributed by atoms with Crippen LogP contribution >= 0.6 is 11.3 Å². The van der Waals surface area contributed by atoms with Gasteiger partial charge in [0.25, 0.3) is 0 Å². The molecule has 11 heteroatoms. The van der Waals surface area contributed by atoms with Gasteiger partial charge in [-0.25, -0.2) is 14.5 Å². The summed E-state index contributed by atoms with van der Waals surface area (Å²) < 4.78 is 9.38. The van der Waals surface area contributed by atoms with Gasteiger partial charge in [-0.1, -0.05) is 27.2 Å². The molecule has 0 bridgehead atoms. The summed E-state index contributed by atoms with van der Waals surface area (Å²) >= 11 is 1.79. The highest BCUT2D eigenvalue weighted by atomic mass is 32.1. The molecule has 0 N–H and O–H groups in total. The molecule has 0 aromatic carbocycles. The summed E-state index contributed by atoms with van der Waals surface area (Å²) in [7, 11) is 0. The predicted octanol–water partition coefficient (Wildman–Crippen LogP) is 5.91. The molecule has 0 spiro atoms. The quantitative estimate of drug-likeness (QED) is 0.202. The van der Waals surface area contributed by atoms with Crippen LogP contribution in [-0.2, 0) is 19.4 Å². The fraction of sp³-hybridized carbons (Fsp3) is 0.462. The summed E-state index contributed by atoms with van der Waals surface area (Å²) in [6.07, 6.45) is 6.20. The summed E-state index contributed by atoms with van der Waals surface area (Å²) in [6, 6.07) is 3.66. The largest absolute Gasteiger partial charge is 0.456 e. The lowest BCUT2D eigenvalue weighted by molar-refractivity contribution is -0.386. The van der Waals surface area contributed by atoms with Crippen molar-refractivity contribution in [3.63, 3.8) is 0 Å². The maximum absolute atomic E-state index is 11.3. The summed E-state index contributed by atoms with van der Waals surface area (Å²) in [5, 5.41) is 21.4. The number of nitro groups is 1. The maximum atomic E-state index is 11.3. The minimum absolute atomic E-state index is 0.0361. The van der Waals surface area contributed by atoms with Gasteiger partial charge in [0.05, 0.1) is 16.9 Å². The molecule has 0 saturated heterocycles. The molecule has 1 aliphatic carbocycles. The molecule has 1 aliphatic rings. The molecule has 5 heterocycles. The fourth-order valence-corrected chi connectivity index (χ4v) is 6.73. The third-order valence-electron chi connectivity index (χ3n) is 8.12. The lowest BCUT2D eigenvalue weighted by Crippen LogP contribution is -2.28. The second-order valence-corrected chi connectivity index (χ2v) is 11.7. The summed E-state index contributed by atoms with van der Waals surface area (Å²) in [5.41, 5.74) is 3.41. The Hall–Kier alpha value is -3.60. The van der Waals surface area contributed by atoms with E-state index in [2.05, 4.69) is 31.0 Å². The summed E-state index contributed by atoms with van der Waals surface area (Å²) in [4.78, 5) is 22.9. The van der Waals surface area contributed by atoms with Crippen molar-refractivity contribution in [2.24, 2.45) is 11.3 Å². The second kappa shape index (κ2) is 8.47. The third-order valence-corrected chi connectivity index (χ3v) is 9.28. The average Bonchev–Trinajstić information content (AvgIpc) is 3.62. The normalized spacial score (nSPS) is 16.1. The van der Waals surface area contributed by atoms with Crippen molar-refractivity contribution in [3.8, 4) is 11.6 Å². The SMILES string of the molecule is CCC(C)(C)[C@@H]1CCc2c(sc3ncn4nc(-c5ccc(Cn6nc(C)c([N+](=O)[O-])c6C)o5)nc4c23)C1. The van der Waals surface area contributed by atoms with Crippen LogP contribution in [-0.4, -0.2) is 34.3 Å². The molecule has 6 rings (SSSR count). The zero-order chi connectivity index (χ0) is 26.1. The molecular formula is C26H29N7O3S. The van der Waals surface area contributed by atoms with E-state index in [1.54, 1.807) is 40.7 Å². The number of aromatic nitrogens is 6. The van der Waals surface area contributed by atoms with Crippen molar-refractivity contribution < 1.29 is 9.34 Å². The summed E-state index contributed by atoms with van der Waals surface area (Å²) in [5.74, 6) is 2.32. The van der Waals surface area contributed by atoms with E-state index in [1.165, 1.54) is 23.3 Å². The Morgan fingerprint density at radius 2 is 2.08 bits per heavy atom. The number of aryl methyl sites for hydroxylation is 2. The van der Waals surface area contributed by atoms with E-state index in [-0.39, 0.29) is 12.2 Å². The topological polar surface area (TPSA) is 117 Å². The molecule has 0 amide bonds. The van der Waals surface area contributed by atoms with Gasteiger partial charge in [0.2, 0.25) is 5.82 Å². The van der Waals surface area contributed by atoms with Gasteiger partial charge in [-0.2, -0.15) is 5.10 Å². The molecule has 1 atom stereocenters. The fourth-order valence-electron chi connectivity index (χ4n) is 5.47. The Morgan fingerprint density at radius 1 is 1.27 bits per heavy atom. The lowest BCUT2D eigenvalue weighted by atomic mass is 9.70. The van der Waals surface area contributed by atoms with Gasteiger partial charge in [-0.05, 0) is 62.1 Å². The van der Waals surface area contributed by atoms with Crippen molar-refractivity contribution in [2.45, 2.75) is 66.8 Å². The van der Waals surface area contributed by atoms with Crippen LogP contribution in [0.2, 0.25) is 0 Å². The van der Waals surface area contributed by atoms with Gasteiger partial charge in [-0.3, -0.25) is 14.8 Å². The third kappa shape index (κ3) is 3.83. The van der Waals surface area contributed by atoms with Gasteiger partial charge in [-0.15, -0.1) is 16.4 Å². The number of hydrogen-bond donors (Lipinski definition) is 0. The van der Waals surface area contributed by atoms with Crippen LogP contribution < -0.4 is 0 Å².